The maximum Gasteiger partial charge on any atom is 0.144 e. The molecule has 0 bridgehead atoms. The third kappa shape index (κ3) is 2.03. The first kappa shape index (κ1) is 10.1. The van der Waals surface area contributed by atoms with Crippen molar-refractivity contribution in [2.24, 2.45) is 0 Å². The zero-order chi connectivity index (χ0) is 9.84. The van der Waals surface area contributed by atoms with Gasteiger partial charge in [0.2, 0.25) is 0 Å². The van der Waals surface area contributed by atoms with Gasteiger partial charge in [0.25, 0.3) is 0 Å². The summed E-state index contributed by atoms with van der Waals surface area (Å²) in [5.74, 6) is 1.65. The highest BCUT2D eigenvalue weighted by Gasteiger charge is 2.06. The number of pyridine rings is 1. The molecule has 72 valence electrons. The van der Waals surface area contributed by atoms with Crippen LogP contribution in [0.5, 0.6) is 0 Å². The molecule has 0 amide bonds. The Bertz CT molecular complexity index is 275. The van der Waals surface area contributed by atoms with Gasteiger partial charge in [0, 0.05) is 27.2 Å². The lowest BCUT2D eigenvalue weighted by atomic mass is 10.3. The van der Waals surface area contributed by atoms with Gasteiger partial charge in [-0.05, 0) is 15.9 Å². The number of anilines is 3. The molecule has 0 aliphatic carbocycles. The number of hydrogen-bond acceptors (Lipinski definition) is 4. The number of nitrogens with one attached hydrogen (secondary N) is 3. The fourth-order valence-corrected chi connectivity index (χ4v) is 1.60. The molecule has 0 fully saturated rings. The lowest BCUT2D eigenvalue weighted by Gasteiger charge is -2.10. The fraction of sp³-hybridized carbons (Fsp3) is 0.375. The summed E-state index contributed by atoms with van der Waals surface area (Å²) >= 11 is 3.45. The first-order valence-electron chi connectivity index (χ1n) is 3.96. The predicted octanol–water partition coefficient (Wildman–Crippen LogP) is 1.97. The molecule has 0 saturated carbocycles. The fourth-order valence-electron chi connectivity index (χ4n) is 1.01. The van der Waals surface area contributed by atoms with E-state index in [1.54, 1.807) is 0 Å². The van der Waals surface area contributed by atoms with Gasteiger partial charge in [0.1, 0.15) is 11.6 Å². The molecule has 1 aromatic rings. The maximum atomic E-state index is 4.31. The van der Waals surface area contributed by atoms with Crippen molar-refractivity contribution in [2.45, 2.75) is 0 Å². The number of halogens is 1. The van der Waals surface area contributed by atoms with Gasteiger partial charge >= 0.3 is 0 Å². The van der Waals surface area contributed by atoms with Crippen LogP contribution in [-0.4, -0.2) is 26.1 Å². The van der Waals surface area contributed by atoms with E-state index in [9.17, 15) is 0 Å². The van der Waals surface area contributed by atoms with Crippen molar-refractivity contribution >= 4 is 33.3 Å². The molecule has 0 saturated heterocycles. The van der Waals surface area contributed by atoms with Crippen LogP contribution in [0.1, 0.15) is 0 Å². The normalized spacial score (nSPS) is 9.54. The molecule has 0 aliphatic heterocycles. The number of rotatable bonds is 3. The Balaban J connectivity index is 3.20. The van der Waals surface area contributed by atoms with Crippen molar-refractivity contribution in [3.63, 3.8) is 0 Å². The third-order valence-corrected chi connectivity index (χ3v) is 2.52. The largest absolute Gasteiger partial charge is 0.387 e. The van der Waals surface area contributed by atoms with E-state index in [4.69, 9.17) is 0 Å². The van der Waals surface area contributed by atoms with Crippen LogP contribution in [0.3, 0.4) is 0 Å². The SMILES string of the molecule is CNc1cc(NC)c(Br)c(NC)n1. The molecule has 13 heavy (non-hydrogen) atoms. The zero-order valence-corrected chi connectivity index (χ0v) is 9.49. The summed E-state index contributed by atoms with van der Waals surface area (Å²) in [5.41, 5.74) is 1.00. The van der Waals surface area contributed by atoms with Gasteiger partial charge in [-0.15, -0.1) is 0 Å². The molecule has 4 nitrogen and oxygen atoms in total. The van der Waals surface area contributed by atoms with Crippen molar-refractivity contribution < 1.29 is 0 Å². The van der Waals surface area contributed by atoms with E-state index in [0.717, 1.165) is 21.8 Å². The van der Waals surface area contributed by atoms with Crippen LogP contribution in [0.4, 0.5) is 17.3 Å². The van der Waals surface area contributed by atoms with E-state index in [-0.39, 0.29) is 0 Å². The Labute approximate surface area is 86.3 Å². The highest BCUT2D eigenvalue weighted by atomic mass is 79.9. The van der Waals surface area contributed by atoms with E-state index in [2.05, 4.69) is 36.9 Å². The summed E-state index contributed by atoms with van der Waals surface area (Å²) in [6.07, 6.45) is 0. The molecule has 0 atom stereocenters. The van der Waals surface area contributed by atoms with Crippen LogP contribution in [0, 0.1) is 0 Å². The first-order valence-corrected chi connectivity index (χ1v) is 4.76. The van der Waals surface area contributed by atoms with Crippen LogP contribution < -0.4 is 16.0 Å². The Morgan fingerprint density at radius 1 is 1.15 bits per heavy atom. The Morgan fingerprint density at radius 3 is 2.31 bits per heavy atom. The lowest BCUT2D eigenvalue weighted by molar-refractivity contribution is 1.24. The summed E-state index contributed by atoms with van der Waals surface area (Å²) in [6.45, 7) is 0. The van der Waals surface area contributed by atoms with Crippen LogP contribution >= 0.6 is 15.9 Å². The quantitative estimate of drug-likeness (QED) is 0.762. The van der Waals surface area contributed by atoms with E-state index in [0.29, 0.717) is 0 Å². The maximum absolute atomic E-state index is 4.31. The monoisotopic (exact) mass is 244 g/mol. The van der Waals surface area contributed by atoms with Crippen molar-refractivity contribution in [2.75, 3.05) is 37.1 Å². The van der Waals surface area contributed by atoms with Crippen LogP contribution in [0.15, 0.2) is 10.5 Å². The summed E-state index contributed by atoms with van der Waals surface area (Å²) in [7, 11) is 5.56. The smallest absolute Gasteiger partial charge is 0.144 e. The second-order valence-corrected chi connectivity index (χ2v) is 3.26. The summed E-state index contributed by atoms with van der Waals surface area (Å²) < 4.78 is 0.941. The van der Waals surface area contributed by atoms with Gasteiger partial charge in [-0.1, -0.05) is 0 Å². The van der Waals surface area contributed by atoms with E-state index in [1.165, 1.54) is 0 Å². The van der Waals surface area contributed by atoms with Gasteiger partial charge in [0.05, 0.1) is 10.2 Å². The van der Waals surface area contributed by atoms with Gasteiger partial charge in [0.15, 0.2) is 0 Å². The molecule has 0 unspecified atom stereocenters. The molecule has 1 aromatic heterocycles. The van der Waals surface area contributed by atoms with Crippen molar-refractivity contribution in [1.29, 1.82) is 0 Å². The second-order valence-electron chi connectivity index (χ2n) is 2.47. The topological polar surface area (TPSA) is 49.0 Å². The minimum Gasteiger partial charge on any atom is -0.387 e. The number of aromatic nitrogens is 1. The molecule has 3 N–H and O–H groups in total. The van der Waals surface area contributed by atoms with Gasteiger partial charge in [-0.2, -0.15) is 0 Å². The Morgan fingerprint density at radius 2 is 1.85 bits per heavy atom. The summed E-state index contributed by atoms with van der Waals surface area (Å²) in [6, 6.07) is 1.94. The van der Waals surface area contributed by atoms with E-state index in [1.807, 2.05) is 27.2 Å². The highest BCUT2D eigenvalue weighted by molar-refractivity contribution is 9.10. The second kappa shape index (κ2) is 4.32. The molecule has 0 aromatic carbocycles. The van der Waals surface area contributed by atoms with Gasteiger partial charge < -0.3 is 16.0 Å². The summed E-state index contributed by atoms with van der Waals surface area (Å²) in [5, 5.41) is 9.08. The highest BCUT2D eigenvalue weighted by Crippen LogP contribution is 2.30. The van der Waals surface area contributed by atoms with Crippen molar-refractivity contribution in [3.8, 4) is 0 Å². The molecule has 1 rings (SSSR count). The third-order valence-electron chi connectivity index (χ3n) is 1.72. The zero-order valence-electron chi connectivity index (χ0n) is 7.90. The van der Waals surface area contributed by atoms with Crippen LogP contribution in [0.25, 0.3) is 0 Å². The van der Waals surface area contributed by atoms with Crippen LogP contribution in [0.2, 0.25) is 0 Å². The minimum atomic E-state index is 0.816. The van der Waals surface area contributed by atoms with Gasteiger partial charge in [-0.25, -0.2) is 4.98 Å². The van der Waals surface area contributed by atoms with Crippen molar-refractivity contribution in [3.05, 3.63) is 10.5 Å². The lowest BCUT2D eigenvalue weighted by Crippen LogP contribution is -2.01. The average Bonchev–Trinajstić information content (AvgIpc) is 2.18. The molecule has 1 heterocycles. The minimum absolute atomic E-state index is 0.816. The van der Waals surface area contributed by atoms with Gasteiger partial charge in [-0.3, -0.25) is 0 Å². The van der Waals surface area contributed by atoms with Crippen molar-refractivity contribution in [1.82, 2.24) is 4.98 Å². The first-order chi connectivity index (χ1) is 6.22. The van der Waals surface area contributed by atoms with E-state index < -0.39 is 0 Å². The average molecular weight is 245 g/mol. The summed E-state index contributed by atoms with van der Waals surface area (Å²) in [4.78, 5) is 4.31. The standard InChI is InChI=1S/C8H13BrN4/c1-10-5-4-6(11-2)13-8(12-3)7(5)9/h4H,1-3H3,(H3,10,11,12,13). The Hall–Kier alpha value is -0.970. The molecular formula is C8H13BrN4. The molecule has 5 heteroatoms. The van der Waals surface area contributed by atoms with E-state index >= 15 is 0 Å². The predicted molar refractivity (Wildman–Crippen MR) is 60.6 cm³/mol. The molecular weight excluding hydrogens is 232 g/mol. The molecule has 0 radical (unpaired) electrons. The number of hydrogen-bond donors (Lipinski definition) is 3. The molecule has 0 aliphatic rings. The Kier molecular flexibility index (Phi) is 3.36. The van der Waals surface area contributed by atoms with Crippen LogP contribution in [-0.2, 0) is 0 Å². The number of nitrogens with zero attached hydrogens (tertiary/aromatic N) is 1. The molecule has 0 spiro atoms.